The Bertz CT molecular complexity index is 980. The lowest BCUT2D eigenvalue weighted by atomic mass is 9.94. The van der Waals surface area contributed by atoms with Crippen molar-refractivity contribution >= 4 is 17.4 Å². The maximum Gasteiger partial charge on any atom is 0.295 e. The van der Waals surface area contributed by atoms with E-state index >= 15 is 0 Å². The van der Waals surface area contributed by atoms with E-state index in [9.17, 15) is 14.7 Å². The molecule has 1 fully saturated rings. The molecule has 1 amide bonds. The zero-order valence-electron chi connectivity index (χ0n) is 17.5. The lowest BCUT2D eigenvalue weighted by molar-refractivity contribution is -0.140. The molecule has 7 heteroatoms. The van der Waals surface area contributed by atoms with Crippen molar-refractivity contribution in [1.82, 2.24) is 4.90 Å². The summed E-state index contributed by atoms with van der Waals surface area (Å²) in [5.74, 6) is -0.670. The monoisotopic (exact) mass is 411 g/mol. The van der Waals surface area contributed by atoms with Crippen molar-refractivity contribution in [2.24, 2.45) is 0 Å². The minimum atomic E-state index is -0.841. The van der Waals surface area contributed by atoms with Crippen LogP contribution in [0.3, 0.4) is 0 Å². The third-order valence-corrected chi connectivity index (χ3v) is 5.13. The Morgan fingerprint density at radius 2 is 1.73 bits per heavy atom. The standard InChI is InChI=1S/C23H25NO6/c1-14-5-7-15(8-6-14)21(25)19-20(24(11-12-28-2)23(27)22(19)26)17-13-16(29-3)9-10-18(17)30-4/h5-10,13,20,25H,11-12H2,1-4H3/t20-/m1/s1. The Morgan fingerprint density at radius 1 is 1.03 bits per heavy atom. The van der Waals surface area contributed by atoms with Crippen molar-refractivity contribution in [3.8, 4) is 11.5 Å². The maximum atomic E-state index is 13.0. The molecular formula is C23H25NO6. The summed E-state index contributed by atoms with van der Waals surface area (Å²) < 4.78 is 15.9. The van der Waals surface area contributed by atoms with Gasteiger partial charge in [-0.15, -0.1) is 0 Å². The molecule has 1 heterocycles. The van der Waals surface area contributed by atoms with Gasteiger partial charge in [0.15, 0.2) is 0 Å². The molecule has 0 radical (unpaired) electrons. The first kappa shape index (κ1) is 21.4. The van der Waals surface area contributed by atoms with E-state index in [4.69, 9.17) is 14.2 Å². The molecule has 1 aliphatic rings. The zero-order valence-corrected chi connectivity index (χ0v) is 17.5. The summed E-state index contributed by atoms with van der Waals surface area (Å²) in [6.07, 6.45) is 0. The first-order valence-corrected chi connectivity index (χ1v) is 9.49. The molecule has 1 saturated heterocycles. The smallest absolute Gasteiger partial charge is 0.295 e. The quantitative estimate of drug-likeness (QED) is 0.428. The van der Waals surface area contributed by atoms with Gasteiger partial charge in [0, 0.05) is 24.8 Å². The van der Waals surface area contributed by atoms with Crippen LogP contribution in [0.4, 0.5) is 0 Å². The molecule has 30 heavy (non-hydrogen) atoms. The molecule has 0 saturated carbocycles. The van der Waals surface area contributed by atoms with Crippen molar-refractivity contribution in [1.29, 1.82) is 0 Å². The van der Waals surface area contributed by atoms with E-state index in [1.54, 1.807) is 30.3 Å². The molecule has 7 nitrogen and oxygen atoms in total. The van der Waals surface area contributed by atoms with Crippen LogP contribution in [0.25, 0.3) is 5.76 Å². The highest BCUT2D eigenvalue weighted by molar-refractivity contribution is 6.46. The van der Waals surface area contributed by atoms with Crippen LogP contribution in [-0.2, 0) is 14.3 Å². The van der Waals surface area contributed by atoms with E-state index in [1.807, 2.05) is 19.1 Å². The molecule has 1 N–H and O–H groups in total. The molecule has 0 aromatic heterocycles. The van der Waals surface area contributed by atoms with Crippen LogP contribution in [0.5, 0.6) is 11.5 Å². The number of rotatable bonds is 7. The van der Waals surface area contributed by atoms with Gasteiger partial charge in [-0.05, 0) is 25.1 Å². The highest BCUT2D eigenvalue weighted by Crippen LogP contribution is 2.43. The molecule has 2 aromatic rings. The second-order valence-corrected chi connectivity index (χ2v) is 6.96. The largest absolute Gasteiger partial charge is 0.507 e. The van der Waals surface area contributed by atoms with E-state index in [1.165, 1.54) is 26.2 Å². The number of nitrogens with zero attached hydrogens (tertiary/aromatic N) is 1. The van der Waals surface area contributed by atoms with Crippen molar-refractivity contribution in [3.05, 3.63) is 64.7 Å². The first-order chi connectivity index (χ1) is 14.4. The summed E-state index contributed by atoms with van der Waals surface area (Å²) in [6.45, 7) is 2.34. The van der Waals surface area contributed by atoms with Crippen LogP contribution in [-0.4, -0.2) is 56.2 Å². The normalized spacial score (nSPS) is 18.0. The molecule has 0 unspecified atom stereocenters. The summed E-state index contributed by atoms with van der Waals surface area (Å²) in [6, 6.07) is 11.4. The van der Waals surface area contributed by atoms with Gasteiger partial charge in [-0.25, -0.2) is 0 Å². The average Bonchev–Trinajstić information content (AvgIpc) is 3.01. The van der Waals surface area contributed by atoms with Gasteiger partial charge in [0.1, 0.15) is 17.3 Å². The molecule has 158 valence electrons. The number of aliphatic hydroxyl groups excluding tert-OH is 1. The predicted octanol–water partition coefficient (Wildman–Crippen LogP) is 3.08. The molecule has 2 aromatic carbocycles. The number of likely N-dealkylation sites (tertiary alicyclic amines) is 1. The van der Waals surface area contributed by atoms with Crippen LogP contribution in [0.1, 0.15) is 22.7 Å². The van der Waals surface area contributed by atoms with Crippen LogP contribution in [0.2, 0.25) is 0 Å². The number of benzene rings is 2. The number of ether oxygens (including phenoxy) is 3. The lowest BCUT2D eigenvalue weighted by Crippen LogP contribution is -2.32. The second-order valence-electron chi connectivity index (χ2n) is 6.96. The van der Waals surface area contributed by atoms with Crippen LogP contribution in [0.15, 0.2) is 48.0 Å². The SMILES string of the molecule is COCCN1C(=O)C(=O)C(=C(O)c2ccc(C)cc2)[C@H]1c1cc(OC)ccc1OC. The first-order valence-electron chi connectivity index (χ1n) is 9.49. The Kier molecular flexibility index (Phi) is 6.42. The maximum absolute atomic E-state index is 13.0. The fourth-order valence-corrected chi connectivity index (χ4v) is 3.54. The van der Waals surface area contributed by atoms with E-state index < -0.39 is 17.7 Å². The summed E-state index contributed by atoms with van der Waals surface area (Å²) in [7, 11) is 4.55. The number of hydrogen-bond acceptors (Lipinski definition) is 6. The van der Waals surface area contributed by atoms with Gasteiger partial charge in [0.25, 0.3) is 11.7 Å². The number of methoxy groups -OCH3 is 3. The van der Waals surface area contributed by atoms with Crippen molar-refractivity contribution in [2.45, 2.75) is 13.0 Å². The van der Waals surface area contributed by atoms with Gasteiger partial charge in [0.05, 0.1) is 32.4 Å². The minimum Gasteiger partial charge on any atom is -0.507 e. The zero-order chi connectivity index (χ0) is 21.8. The van der Waals surface area contributed by atoms with Crippen molar-refractivity contribution in [3.63, 3.8) is 0 Å². The Hall–Kier alpha value is -3.32. The summed E-state index contributed by atoms with van der Waals surface area (Å²) in [5, 5.41) is 11.0. The summed E-state index contributed by atoms with van der Waals surface area (Å²) in [4.78, 5) is 27.2. The number of aryl methyl sites for hydroxylation is 1. The molecule has 3 rings (SSSR count). The molecule has 0 spiro atoms. The average molecular weight is 411 g/mol. The lowest BCUT2D eigenvalue weighted by Gasteiger charge is -2.26. The number of ketones is 1. The fraction of sp³-hybridized carbons (Fsp3) is 0.304. The highest BCUT2D eigenvalue weighted by Gasteiger charge is 2.47. The van der Waals surface area contributed by atoms with Crippen LogP contribution in [0, 0.1) is 6.92 Å². The van der Waals surface area contributed by atoms with Crippen LogP contribution >= 0.6 is 0 Å². The third-order valence-electron chi connectivity index (χ3n) is 5.13. The van der Waals surface area contributed by atoms with E-state index in [-0.39, 0.29) is 24.5 Å². The summed E-state index contributed by atoms with van der Waals surface area (Å²) in [5.41, 5.74) is 2.02. The number of carbonyl (C=O) groups is 2. The molecule has 1 atom stereocenters. The van der Waals surface area contributed by atoms with Gasteiger partial charge >= 0.3 is 0 Å². The minimum absolute atomic E-state index is 0.00603. The Balaban J connectivity index is 2.24. The summed E-state index contributed by atoms with van der Waals surface area (Å²) >= 11 is 0. The highest BCUT2D eigenvalue weighted by atomic mass is 16.5. The predicted molar refractivity (Wildman–Crippen MR) is 112 cm³/mol. The van der Waals surface area contributed by atoms with Gasteiger partial charge in [-0.2, -0.15) is 0 Å². The second kappa shape index (κ2) is 9.00. The van der Waals surface area contributed by atoms with E-state index in [2.05, 4.69) is 0 Å². The fourth-order valence-electron chi connectivity index (χ4n) is 3.54. The van der Waals surface area contributed by atoms with E-state index in [0.29, 0.717) is 22.6 Å². The van der Waals surface area contributed by atoms with Crippen molar-refractivity contribution in [2.75, 3.05) is 34.5 Å². The van der Waals surface area contributed by atoms with Crippen LogP contribution < -0.4 is 9.47 Å². The van der Waals surface area contributed by atoms with E-state index in [0.717, 1.165) is 5.56 Å². The topological polar surface area (TPSA) is 85.3 Å². The Labute approximate surface area is 175 Å². The number of amides is 1. The van der Waals surface area contributed by atoms with Gasteiger partial charge in [-0.3, -0.25) is 9.59 Å². The van der Waals surface area contributed by atoms with Gasteiger partial charge in [0.2, 0.25) is 0 Å². The molecule has 0 aliphatic carbocycles. The van der Waals surface area contributed by atoms with Crippen molar-refractivity contribution < 1.29 is 28.9 Å². The number of aliphatic hydroxyl groups is 1. The Morgan fingerprint density at radius 3 is 2.33 bits per heavy atom. The number of carbonyl (C=O) groups excluding carboxylic acids is 2. The molecular weight excluding hydrogens is 386 g/mol. The third kappa shape index (κ3) is 3.89. The molecule has 1 aliphatic heterocycles. The molecule has 0 bridgehead atoms. The number of Topliss-reactive ketones (excluding diaryl/α,β-unsaturated/α-hetero) is 1. The van der Waals surface area contributed by atoms with Gasteiger partial charge in [-0.1, -0.05) is 29.8 Å². The van der Waals surface area contributed by atoms with Gasteiger partial charge < -0.3 is 24.2 Å². The number of hydrogen-bond donors (Lipinski definition) is 1.